The molecule has 0 aliphatic heterocycles. The zero-order valence-corrected chi connectivity index (χ0v) is 22.0. The van der Waals surface area contributed by atoms with E-state index in [9.17, 15) is 13.2 Å². The smallest absolute Gasteiger partial charge is 0.243 e. The van der Waals surface area contributed by atoms with Gasteiger partial charge in [0.2, 0.25) is 15.9 Å². The molecule has 0 aliphatic carbocycles. The summed E-state index contributed by atoms with van der Waals surface area (Å²) < 4.78 is 28.9. The summed E-state index contributed by atoms with van der Waals surface area (Å²) in [6.07, 6.45) is 0. The van der Waals surface area contributed by atoms with Crippen LogP contribution >= 0.6 is 39.1 Å². The summed E-state index contributed by atoms with van der Waals surface area (Å²) in [6, 6.07) is 18.7. The first-order valence-electron chi connectivity index (χ1n) is 10.1. The van der Waals surface area contributed by atoms with Crippen molar-refractivity contribution < 1.29 is 13.2 Å². The van der Waals surface area contributed by atoms with Crippen molar-refractivity contribution >= 4 is 55.1 Å². The maximum Gasteiger partial charge on any atom is 0.243 e. The lowest BCUT2D eigenvalue weighted by molar-refractivity contribution is -0.122. The van der Waals surface area contributed by atoms with Gasteiger partial charge in [0.25, 0.3) is 0 Å². The highest BCUT2D eigenvalue weighted by Crippen LogP contribution is 2.25. The quantitative estimate of drug-likeness (QED) is 0.355. The van der Waals surface area contributed by atoms with Gasteiger partial charge in [-0.1, -0.05) is 75.0 Å². The number of nitrogens with zero attached hydrogens (tertiary/aromatic N) is 1. The molecule has 3 aromatic rings. The molecule has 0 bridgehead atoms. The number of benzene rings is 3. The molecule has 0 fully saturated rings. The van der Waals surface area contributed by atoms with Crippen LogP contribution in [0, 0.1) is 6.92 Å². The second-order valence-electron chi connectivity index (χ2n) is 7.68. The Morgan fingerprint density at radius 2 is 1.64 bits per heavy atom. The van der Waals surface area contributed by atoms with Crippen LogP contribution in [0.4, 0.5) is 0 Å². The number of rotatable bonds is 8. The van der Waals surface area contributed by atoms with E-state index in [4.69, 9.17) is 23.2 Å². The molecule has 9 heteroatoms. The van der Waals surface area contributed by atoms with Crippen LogP contribution in [-0.2, 0) is 21.4 Å². The van der Waals surface area contributed by atoms with Crippen LogP contribution < -0.4 is 5.32 Å². The lowest BCUT2D eigenvalue weighted by atomic mass is 10.1. The van der Waals surface area contributed by atoms with Crippen LogP contribution in [0.2, 0.25) is 10.0 Å². The van der Waals surface area contributed by atoms with Crippen LogP contribution in [0.1, 0.15) is 29.7 Å². The summed E-state index contributed by atoms with van der Waals surface area (Å²) in [5.74, 6) is -0.416. The molecule has 3 aromatic carbocycles. The molecule has 174 valence electrons. The fourth-order valence-electron chi connectivity index (χ4n) is 3.21. The molecule has 0 unspecified atom stereocenters. The van der Waals surface area contributed by atoms with E-state index < -0.39 is 15.9 Å². The van der Waals surface area contributed by atoms with Gasteiger partial charge >= 0.3 is 0 Å². The van der Waals surface area contributed by atoms with Crippen molar-refractivity contribution in [2.24, 2.45) is 0 Å². The first kappa shape index (κ1) is 25.7. The molecule has 0 spiro atoms. The molecule has 1 atom stereocenters. The molecule has 1 amide bonds. The van der Waals surface area contributed by atoms with Gasteiger partial charge in [0.15, 0.2) is 0 Å². The maximum absolute atomic E-state index is 13.4. The highest BCUT2D eigenvalue weighted by molar-refractivity contribution is 9.10. The molecule has 1 N–H and O–H groups in total. The van der Waals surface area contributed by atoms with Gasteiger partial charge in [-0.2, -0.15) is 4.31 Å². The SMILES string of the molecule is Cc1ccc(S(=O)(=O)N(CC(=O)N[C@@H](C)c2ccc(Br)cc2)Cc2ccc(Cl)c(Cl)c2)cc1. The highest BCUT2D eigenvalue weighted by atomic mass is 79.9. The predicted molar refractivity (Wildman–Crippen MR) is 136 cm³/mol. The van der Waals surface area contributed by atoms with E-state index in [1.54, 1.807) is 30.3 Å². The van der Waals surface area contributed by atoms with Gasteiger partial charge in [0, 0.05) is 11.0 Å². The number of amides is 1. The van der Waals surface area contributed by atoms with Gasteiger partial charge in [-0.25, -0.2) is 8.42 Å². The van der Waals surface area contributed by atoms with Crippen LogP contribution in [0.3, 0.4) is 0 Å². The largest absolute Gasteiger partial charge is 0.348 e. The molecule has 0 aromatic heterocycles. The van der Waals surface area contributed by atoms with Gasteiger partial charge in [0.05, 0.1) is 27.5 Å². The summed E-state index contributed by atoms with van der Waals surface area (Å²) in [4.78, 5) is 13.0. The third kappa shape index (κ3) is 6.80. The van der Waals surface area contributed by atoms with Gasteiger partial charge in [-0.15, -0.1) is 0 Å². The number of sulfonamides is 1. The number of nitrogens with one attached hydrogen (secondary N) is 1. The number of carbonyl (C=O) groups is 1. The predicted octanol–water partition coefficient (Wildman–Crippen LogP) is 6.13. The van der Waals surface area contributed by atoms with E-state index in [0.717, 1.165) is 19.9 Å². The minimum Gasteiger partial charge on any atom is -0.348 e. The second kappa shape index (κ2) is 11.0. The Balaban J connectivity index is 1.85. The van der Waals surface area contributed by atoms with Crippen molar-refractivity contribution in [3.8, 4) is 0 Å². The number of carbonyl (C=O) groups excluding carboxylic acids is 1. The molecular weight excluding hydrogens is 547 g/mol. The summed E-state index contributed by atoms with van der Waals surface area (Å²) in [6.45, 7) is 3.34. The Morgan fingerprint density at radius 1 is 1.00 bits per heavy atom. The maximum atomic E-state index is 13.4. The van der Waals surface area contributed by atoms with Gasteiger partial charge in [-0.05, 0) is 61.4 Å². The summed E-state index contributed by atoms with van der Waals surface area (Å²) >= 11 is 15.5. The Kier molecular flexibility index (Phi) is 8.59. The van der Waals surface area contributed by atoms with Crippen molar-refractivity contribution in [1.82, 2.24) is 9.62 Å². The third-order valence-electron chi connectivity index (χ3n) is 5.07. The first-order valence-corrected chi connectivity index (χ1v) is 13.1. The Bertz CT molecular complexity index is 1230. The average Bonchev–Trinajstić information content (AvgIpc) is 2.76. The zero-order chi connectivity index (χ0) is 24.2. The Morgan fingerprint density at radius 3 is 2.24 bits per heavy atom. The summed E-state index contributed by atoms with van der Waals surface area (Å²) in [7, 11) is -3.95. The molecule has 0 saturated carbocycles. The van der Waals surface area contributed by atoms with Crippen LogP contribution in [0.15, 0.2) is 76.1 Å². The van der Waals surface area contributed by atoms with Crippen LogP contribution in [0.5, 0.6) is 0 Å². The van der Waals surface area contributed by atoms with Crippen molar-refractivity contribution in [3.05, 3.63) is 97.9 Å². The standard InChI is InChI=1S/C24H23BrCl2N2O3S/c1-16-3-10-21(11-4-16)33(31,32)29(14-18-5-12-22(26)23(27)13-18)15-24(30)28-17(2)19-6-8-20(25)9-7-19/h3-13,17H,14-15H2,1-2H3,(H,28,30)/t17-/m0/s1. The molecule has 33 heavy (non-hydrogen) atoms. The van der Waals surface area contributed by atoms with Crippen molar-refractivity contribution in [1.29, 1.82) is 0 Å². The van der Waals surface area contributed by atoms with Crippen LogP contribution in [0.25, 0.3) is 0 Å². The fraction of sp³-hybridized carbons (Fsp3) is 0.208. The monoisotopic (exact) mass is 568 g/mol. The van der Waals surface area contributed by atoms with Crippen molar-refractivity contribution in [3.63, 3.8) is 0 Å². The minimum atomic E-state index is -3.95. The molecular formula is C24H23BrCl2N2O3S. The third-order valence-corrected chi connectivity index (χ3v) is 8.14. The number of halogens is 3. The van der Waals surface area contributed by atoms with Crippen molar-refractivity contribution in [2.75, 3.05) is 6.54 Å². The Hall–Kier alpha value is -1.90. The average molecular weight is 570 g/mol. The zero-order valence-electron chi connectivity index (χ0n) is 18.1. The van der Waals surface area contributed by atoms with E-state index in [0.29, 0.717) is 15.6 Å². The van der Waals surface area contributed by atoms with E-state index in [-0.39, 0.29) is 24.0 Å². The number of hydrogen-bond acceptors (Lipinski definition) is 3. The molecule has 0 aliphatic rings. The topological polar surface area (TPSA) is 66.5 Å². The molecule has 0 radical (unpaired) electrons. The highest BCUT2D eigenvalue weighted by Gasteiger charge is 2.27. The van der Waals surface area contributed by atoms with E-state index >= 15 is 0 Å². The molecule has 0 heterocycles. The normalized spacial score (nSPS) is 12.5. The number of aryl methyl sites for hydroxylation is 1. The van der Waals surface area contributed by atoms with Crippen molar-refractivity contribution in [2.45, 2.75) is 31.3 Å². The minimum absolute atomic E-state index is 0.0345. The molecule has 0 saturated heterocycles. The lowest BCUT2D eigenvalue weighted by Gasteiger charge is -2.23. The van der Waals surface area contributed by atoms with E-state index in [1.165, 1.54) is 12.1 Å². The van der Waals surface area contributed by atoms with Gasteiger partial charge < -0.3 is 5.32 Å². The molecule has 5 nitrogen and oxygen atoms in total. The van der Waals surface area contributed by atoms with Crippen LogP contribution in [-0.4, -0.2) is 25.2 Å². The molecule has 3 rings (SSSR count). The number of hydrogen-bond donors (Lipinski definition) is 1. The van der Waals surface area contributed by atoms with E-state index in [2.05, 4.69) is 21.2 Å². The van der Waals surface area contributed by atoms with Gasteiger partial charge in [-0.3, -0.25) is 4.79 Å². The first-order chi connectivity index (χ1) is 15.6. The fourth-order valence-corrected chi connectivity index (χ4v) is 5.18. The summed E-state index contributed by atoms with van der Waals surface area (Å²) in [5, 5.41) is 3.56. The summed E-state index contributed by atoms with van der Waals surface area (Å²) in [5.41, 5.74) is 2.46. The Labute approximate surface area is 212 Å². The van der Waals surface area contributed by atoms with E-state index in [1.807, 2.05) is 38.1 Å². The second-order valence-corrected chi connectivity index (χ2v) is 11.3. The lowest BCUT2D eigenvalue weighted by Crippen LogP contribution is -2.41. The van der Waals surface area contributed by atoms with Gasteiger partial charge in [0.1, 0.15) is 0 Å².